The Balaban J connectivity index is 1.39. The Morgan fingerprint density at radius 2 is 1.85 bits per heavy atom. The van der Waals surface area contributed by atoms with Gasteiger partial charge in [0.1, 0.15) is 17.0 Å². The van der Waals surface area contributed by atoms with Gasteiger partial charge in [0.2, 0.25) is 5.91 Å². The van der Waals surface area contributed by atoms with E-state index >= 15 is 0 Å². The molecule has 3 aromatic rings. The van der Waals surface area contributed by atoms with E-state index in [1.54, 1.807) is 31.2 Å². The molecule has 11 heteroatoms. The van der Waals surface area contributed by atoms with E-state index in [0.29, 0.717) is 23.6 Å². The first-order valence-corrected chi connectivity index (χ1v) is 10.8. The molecule has 2 N–H and O–H groups in total. The molecule has 0 radical (unpaired) electrons. The largest absolute Gasteiger partial charge is 0.467 e. The molecule has 4 rings (SSSR count). The minimum absolute atomic E-state index is 0.0329. The van der Waals surface area contributed by atoms with Crippen molar-refractivity contribution in [2.24, 2.45) is 0 Å². The molecule has 0 aliphatic heterocycles. The van der Waals surface area contributed by atoms with Crippen molar-refractivity contribution in [2.75, 3.05) is 7.11 Å². The molecule has 1 saturated carbocycles. The lowest BCUT2D eigenvalue weighted by Gasteiger charge is -2.21. The highest BCUT2D eigenvalue weighted by Gasteiger charge is 2.51. The predicted molar refractivity (Wildman–Crippen MR) is 120 cm³/mol. The average molecular weight is 486 g/mol. The highest BCUT2D eigenvalue weighted by Crippen LogP contribution is 2.37. The summed E-state index contributed by atoms with van der Waals surface area (Å²) in [7, 11) is 1.41. The average Bonchev–Trinajstić information content (AvgIpc) is 3.61. The van der Waals surface area contributed by atoms with Crippen LogP contribution in [0.5, 0.6) is 17.5 Å². The minimum atomic E-state index is -1.07. The third-order valence-electron chi connectivity index (χ3n) is 5.28. The molecule has 2 heterocycles. The molecule has 1 unspecified atom stereocenters. The monoisotopic (exact) mass is 485 g/mol. The summed E-state index contributed by atoms with van der Waals surface area (Å²) in [6.07, 6.45) is 4.87. The van der Waals surface area contributed by atoms with Gasteiger partial charge >= 0.3 is 6.01 Å². The number of aromatic nitrogens is 3. The molecule has 0 spiro atoms. The molecule has 1 aromatic carbocycles. The van der Waals surface area contributed by atoms with Crippen LogP contribution in [0.2, 0.25) is 5.02 Å². The van der Waals surface area contributed by atoms with Crippen molar-refractivity contribution in [3.63, 3.8) is 0 Å². The first-order chi connectivity index (χ1) is 16.3. The zero-order valence-electron chi connectivity index (χ0n) is 18.3. The summed E-state index contributed by atoms with van der Waals surface area (Å²) < 4.78 is 25.2. The van der Waals surface area contributed by atoms with Gasteiger partial charge in [0.05, 0.1) is 35.6 Å². The zero-order chi connectivity index (χ0) is 24.3. The third-order valence-corrected chi connectivity index (χ3v) is 5.59. The number of hydrogen-bond acceptors (Lipinski definition) is 7. The topological polar surface area (TPSA) is 115 Å². The van der Waals surface area contributed by atoms with Gasteiger partial charge in [0.15, 0.2) is 5.82 Å². The molecule has 176 valence electrons. The van der Waals surface area contributed by atoms with Gasteiger partial charge in [-0.1, -0.05) is 23.7 Å². The van der Waals surface area contributed by atoms with E-state index in [1.807, 2.05) is 0 Å². The normalized spacial score (nSPS) is 14.6. The molecular formula is C23H21ClFN5O4. The number of amides is 2. The van der Waals surface area contributed by atoms with Gasteiger partial charge in [-0.25, -0.2) is 14.4 Å². The molecule has 0 saturated heterocycles. The van der Waals surface area contributed by atoms with Crippen LogP contribution in [-0.4, -0.2) is 39.4 Å². The summed E-state index contributed by atoms with van der Waals surface area (Å²) in [6.45, 7) is 1.60. The Labute approximate surface area is 199 Å². The zero-order valence-corrected chi connectivity index (χ0v) is 19.1. The van der Waals surface area contributed by atoms with Gasteiger partial charge in [0, 0.05) is 18.5 Å². The van der Waals surface area contributed by atoms with Gasteiger partial charge in [-0.3, -0.25) is 14.6 Å². The number of carbonyl (C=O) groups excluding carboxylic acids is 2. The van der Waals surface area contributed by atoms with Gasteiger partial charge in [-0.2, -0.15) is 0 Å². The van der Waals surface area contributed by atoms with Crippen LogP contribution < -0.4 is 20.1 Å². The van der Waals surface area contributed by atoms with Gasteiger partial charge in [0.25, 0.3) is 5.91 Å². The molecule has 34 heavy (non-hydrogen) atoms. The Bertz CT molecular complexity index is 1220. The van der Waals surface area contributed by atoms with E-state index in [-0.39, 0.29) is 23.0 Å². The Kier molecular flexibility index (Phi) is 6.60. The van der Waals surface area contributed by atoms with E-state index in [0.717, 1.165) is 0 Å². The van der Waals surface area contributed by atoms with Crippen LogP contribution in [0, 0.1) is 5.82 Å². The number of carbonyl (C=O) groups is 2. The summed E-state index contributed by atoms with van der Waals surface area (Å²) in [4.78, 5) is 37.3. The minimum Gasteiger partial charge on any atom is -0.467 e. The van der Waals surface area contributed by atoms with Gasteiger partial charge in [-0.05, 0) is 31.9 Å². The highest BCUT2D eigenvalue weighted by molar-refractivity contribution is 6.32. The summed E-state index contributed by atoms with van der Waals surface area (Å²) in [5, 5.41) is 5.82. The fraction of sp³-hybridized carbons (Fsp3) is 0.261. The first kappa shape index (κ1) is 23.4. The second-order valence-electron chi connectivity index (χ2n) is 7.76. The van der Waals surface area contributed by atoms with E-state index in [9.17, 15) is 14.0 Å². The van der Waals surface area contributed by atoms with Crippen molar-refractivity contribution < 1.29 is 23.5 Å². The van der Waals surface area contributed by atoms with Crippen LogP contribution in [0.25, 0.3) is 0 Å². The molecule has 1 atom stereocenters. The highest BCUT2D eigenvalue weighted by atomic mass is 35.5. The fourth-order valence-electron chi connectivity index (χ4n) is 3.23. The number of pyridine rings is 1. The maximum absolute atomic E-state index is 14.7. The molecule has 9 nitrogen and oxygen atoms in total. The molecule has 2 aromatic heterocycles. The van der Waals surface area contributed by atoms with Gasteiger partial charge < -0.3 is 20.1 Å². The number of para-hydroxylation sites is 1. The SMILES string of the molecule is COc1ncc(C(=O)NC2(C(=O)NC(C)c3ncc(Oc4ccccc4Cl)cc3F)CC2)cn1. The lowest BCUT2D eigenvalue weighted by atomic mass is 10.1. The Morgan fingerprint density at radius 3 is 2.47 bits per heavy atom. The summed E-state index contributed by atoms with van der Waals surface area (Å²) in [5.41, 5.74) is -0.852. The van der Waals surface area contributed by atoms with Crippen molar-refractivity contribution >= 4 is 23.4 Å². The van der Waals surface area contributed by atoms with Crippen molar-refractivity contribution in [2.45, 2.75) is 31.3 Å². The number of ether oxygens (including phenoxy) is 2. The molecule has 1 aliphatic rings. The Morgan fingerprint density at radius 1 is 1.15 bits per heavy atom. The molecule has 1 aliphatic carbocycles. The van der Waals surface area contributed by atoms with Crippen molar-refractivity contribution in [1.29, 1.82) is 0 Å². The maximum Gasteiger partial charge on any atom is 0.316 e. The quantitative estimate of drug-likeness (QED) is 0.500. The lowest BCUT2D eigenvalue weighted by Crippen LogP contribution is -2.49. The van der Waals surface area contributed by atoms with Gasteiger partial charge in [-0.15, -0.1) is 0 Å². The van der Waals surface area contributed by atoms with Crippen LogP contribution in [0.1, 0.15) is 41.9 Å². The second-order valence-corrected chi connectivity index (χ2v) is 8.17. The van der Waals surface area contributed by atoms with E-state index < -0.39 is 29.2 Å². The van der Waals surface area contributed by atoms with Crippen molar-refractivity contribution in [3.8, 4) is 17.5 Å². The van der Waals surface area contributed by atoms with Crippen LogP contribution in [0.15, 0.2) is 48.9 Å². The molecular weight excluding hydrogens is 465 g/mol. The maximum atomic E-state index is 14.7. The van der Waals surface area contributed by atoms with Crippen LogP contribution in [-0.2, 0) is 4.79 Å². The fourth-order valence-corrected chi connectivity index (χ4v) is 3.40. The van der Waals surface area contributed by atoms with E-state index in [1.165, 1.54) is 31.8 Å². The number of nitrogens with one attached hydrogen (secondary N) is 2. The number of nitrogens with zero attached hydrogens (tertiary/aromatic N) is 3. The van der Waals surface area contributed by atoms with Crippen molar-refractivity contribution in [1.82, 2.24) is 25.6 Å². The standard InChI is InChI=1S/C23H21ClFN5O4/c1-13(19-17(25)9-15(12-26-19)34-18-6-4-3-5-16(18)24)29-21(32)23(7-8-23)30-20(31)14-10-27-22(33-2)28-11-14/h3-6,9-13H,7-8H2,1-2H3,(H,29,32)(H,30,31). The summed E-state index contributed by atoms with van der Waals surface area (Å²) >= 11 is 6.06. The predicted octanol–water partition coefficient (Wildman–Crippen LogP) is 3.60. The number of benzene rings is 1. The number of halogens is 2. The lowest BCUT2D eigenvalue weighted by molar-refractivity contribution is -0.124. The van der Waals surface area contributed by atoms with Crippen molar-refractivity contribution in [3.05, 3.63) is 71.0 Å². The summed E-state index contributed by atoms with van der Waals surface area (Å²) in [6, 6.07) is 7.35. The number of methoxy groups -OCH3 is 1. The second kappa shape index (κ2) is 9.60. The molecule has 1 fully saturated rings. The summed E-state index contributed by atoms with van der Waals surface area (Å²) in [5.74, 6) is -1.04. The smallest absolute Gasteiger partial charge is 0.316 e. The molecule has 0 bridgehead atoms. The first-order valence-electron chi connectivity index (χ1n) is 10.4. The van der Waals surface area contributed by atoms with Crippen LogP contribution in [0.4, 0.5) is 4.39 Å². The van der Waals surface area contributed by atoms with Crippen LogP contribution >= 0.6 is 11.6 Å². The third kappa shape index (κ3) is 5.07. The number of rotatable bonds is 8. The molecule has 2 amide bonds. The van der Waals surface area contributed by atoms with E-state index in [2.05, 4.69) is 25.6 Å². The van der Waals surface area contributed by atoms with Crippen LogP contribution in [0.3, 0.4) is 0 Å². The Hall–Kier alpha value is -3.79. The van der Waals surface area contributed by atoms with E-state index in [4.69, 9.17) is 21.1 Å². The number of hydrogen-bond donors (Lipinski definition) is 2.